The van der Waals surface area contributed by atoms with E-state index in [1.807, 2.05) is 0 Å². The molecule has 1 saturated heterocycles. The van der Waals surface area contributed by atoms with Crippen molar-refractivity contribution in [3.8, 4) is 5.75 Å². The minimum Gasteiger partial charge on any atom is -0.406 e. The van der Waals surface area contributed by atoms with Gasteiger partial charge in [0.05, 0.1) is 6.10 Å². The van der Waals surface area contributed by atoms with Crippen LogP contribution in [0.25, 0.3) is 11.7 Å². The van der Waals surface area contributed by atoms with Gasteiger partial charge in [0.15, 0.2) is 11.7 Å². The Hall–Kier alpha value is -2.41. The van der Waals surface area contributed by atoms with Crippen LogP contribution in [-0.2, 0) is 4.74 Å². The fourth-order valence-corrected chi connectivity index (χ4v) is 2.90. The SMILES string of the molecule is F/C(=C(/F)c1ccc(C2CCCCO2)cc1)c1ccc(OC(F)(F)F)cc1. The summed E-state index contributed by atoms with van der Waals surface area (Å²) in [5, 5.41) is 0. The predicted molar refractivity (Wildman–Crippen MR) is 91.1 cm³/mol. The minimum absolute atomic E-state index is 0.0362. The first-order chi connectivity index (χ1) is 12.8. The minimum atomic E-state index is -4.84. The summed E-state index contributed by atoms with van der Waals surface area (Å²) in [6.45, 7) is 0.684. The van der Waals surface area contributed by atoms with E-state index in [0.717, 1.165) is 49.1 Å². The Morgan fingerprint density at radius 2 is 1.41 bits per heavy atom. The van der Waals surface area contributed by atoms with Crippen molar-refractivity contribution in [3.63, 3.8) is 0 Å². The molecule has 0 aromatic heterocycles. The lowest BCUT2D eigenvalue weighted by Gasteiger charge is -2.23. The van der Waals surface area contributed by atoms with Crippen LogP contribution in [0.15, 0.2) is 48.5 Å². The molecule has 0 amide bonds. The maximum Gasteiger partial charge on any atom is 0.573 e. The fourth-order valence-electron chi connectivity index (χ4n) is 2.90. The molecule has 2 aromatic carbocycles. The normalized spacial score (nSPS) is 18.8. The number of alkyl halides is 3. The third kappa shape index (κ3) is 5.07. The van der Waals surface area contributed by atoms with Crippen LogP contribution < -0.4 is 4.74 Å². The van der Waals surface area contributed by atoms with Crippen molar-refractivity contribution in [3.05, 3.63) is 65.2 Å². The molecule has 3 rings (SSSR count). The molecule has 2 nitrogen and oxygen atoms in total. The molecule has 1 unspecified atom stereocenters. The average molecular weight is 384 g/mol. The largest absolute Gasteiger partial charge is 0.573 e. The highest BCUT2D eigenvalue weighted by atomic mass is 19.4. The third-order valence-electron chi connectivity index (χ3n) is 4.25. The summed E-state index contributed by atoms with van der Waals surface area (Å²) < 4.78 is 74.6. The van der Waals surface area contributed by atoms with Gasteiger partial charge in [0.1, 0.15) is 5.75 Å². The highest BCUT2D eigenvalue weighted by Gasteiger charge is 2.31. The van der Waals surface area contributed by atoms with E-state index >= 15 is 0 Å². The van der Waals surface area contributed by atoms with Crippen LogP contribution in [0.2, 0.25) is 0 Å². The van der Waals surface area contributed by atoms with Crippen LogP contribution in [0.4, 0.5) is 22.0 Å². The van der Waals surface area contributed by atoms with Gasteiger partial charge >= 0.3 is 6.36 Å². The van der Waals surface area contributed by atoms with Crippen molar-refractivity contribution in [1.82, 2.24) is 0 Å². The Morgan fingerprint density at radius 1 is 0.852 bits per heavy atom. The molecular weight excluding hydrogens is 367 g/mol. The van der Waals surface area contributed by atoms with Crippen LogP contribution in [0.3, 0.4) is 0 Å². The molecule has 0 N–H and O–H groups in total. The molecule has 27 heavy (non-hydrogen) atoms. The number of hydrogen-bond acceptors (Lipinski definition) is 2. The van der Waals surface area contributed by atoms with Gasteiger partial charge in [-0.2, -0.15) is 0 Å². The van der Waals surface area contributed by atoms with Crippen LogP contribution in [0.5, 0.6) is 5.75 Å². The summed E-state index contributed by atoms with van der Waals surface area (Å²) in [5.41, 5.74) is 0.768. The summed E-state index contributed by atoms with van der Waals surface area (Å²) in [7, 11) is 0. The monoisotopic (exact) mass is 384 g/mol. The Morgan fingerprint density at radius 3 is 1.89 bits per heavy atom. The van der Waals surface area contributed by atoms with E-state index in [4.69, 9.17) is 4.74 Å². The zero-order chi connectivity index (χ0) is 19.4. The van der Waals surface area contributed by atoms with Gasteiger partial charge < -0.3 is 9.47 Å². The number of ether oxygens (including phenoxy) is 2. The zero-order valence-electron chi connectivity index (χ0n) is 14.2. The molecule has 1 aliphatic heterocycles. The first kappa shape index (κ1) is 19.4. The maximum absolute atomic E-state index is 14.4. The van der Waals surface area contributed by atoms with E-state index in [1.54, 1.807) is 12.1 Å². The predicted octanol–water partition coefficient (Wildman–Crippen LogP) is 6.59. The van der Waals surface area contributed by atoms with Crippen LogP contribution in [0.1, 0.15) is 42.1 Å². The summed E-state index contributed by atoms with van der Waals surface area (Å²) in [4.78, 5) is 0. The molecule has 1 fully saturated rings. The smallest absolute Gasteiger partial charge is 0.406 e. The summed E-state index contributed by atoms with van der Waals surface area (Å²) in [6, 6.07) is 10.2. The summed E-state index contributed by atoms with van der Waals surface area (Å²) >= 11 is 0. The average Bonchev–Trinajstić information content (AvgIpc) is 2.67. The van der Waals surface area contributed by atoms with Gasteiger partial charge in [-0.25, -0.2) is 8.78 Å². The van der Waals surface area contributed by atoms with Crippen molar-refractivity contribution in [1.29, 1.82) is 0 Å². The fraction of sp³-hybridized carbons (Fsp3) is 0.300. The second-order valence-electron chi connectivity index (χ2n) is 6.18. The maximum atomic E-state index is 14.4. The molecule has 0 saturated carbocycles. The van der Waals surface area contributed by atoms with E-state index in [0.29, 0.717) is 6.61 Å². The van der Waals surface area contributed by atoms with Gasteiger partial charge in [0.25, 0.3) is 0 Å². The molecule has 1 heterocycles. The van der Waals surface area contributed by atoms with Crippen molar-refractivity contribution in [2.75, 3.05) is 6.61 Å². The van der Waals surface area contributed by atoms with Crippen LogP contribution in [-0.4, -0.2) is 13.0 Å². The van der Waals surface area contributed by atoms with E-state index in [1.165, 1.54) is 12.1 Å². The molecule has 1 aliphatic rings. The Labute approximate surface area is 153 Å². The summed E-state index contributed by atoms with van der Waals surface area (Å²) in [6.07, 6.45) is -1.91. The highest BCUT2D eigenvalue weighted by Crippen LogP contribution is 2.33. The van der Waals surface area contributed by atoms with Gasteiger partial charge in [0, 0.05) is 17.7 Å². The standard InChI is InChI=1S/C20H17F5O2/c21-18(14-6-4-13(5-7-14)17-3-1-2-12-26-17)19(22)15-8-10-16(11-9-15)27-20(23,24)25/h4-11,17H,1-3,12H2/b19-18+. The van der Waals surface area contributed by atoms with Crippen molar-refractivity contribution >= 4 is 11.7 Å². The Balaban J connectivity index is 1.76. The summed E-state index contributed by atoms with van der Waals surface area (Å²) in [5.74, 6) is -2.75. The number of benzene rings is 2. The highest BCUT2D eigenvalue weighted by molar-refractivity contribution is 5.83. The lowest BCUT2D eigenvalue weighted by molar-refractivity contribution is -0.274. The molecule has 0 bridgehead atoms. The van der Waals surface area contributed by atoms with Gasteiger partial charge in [0.2, 0.25) is 0 Å². The lowest BCUT2D eigenvalue weighted by atomic mass is 9.99. The van der Waals surface area contributed by atoms with Crippen molar-refractivity contribution in [2.45, 2.75) is 31.7 Å². The molecule has 0 spiro atoms. The number of halogens is 5. The van der Waals surface area contributed by atoms with Gasteiger partial charge in [-0.3, -0.25) is 0 Å². The van der Waals surface area contributed by atoms with Crippen molar-refractivity contribution in [2.24, 2.45) is 0 Å². The van der Waals surface area contributed by atoms with Crippen LogP contribution >= 0.6 is 0 Å². The molecule has 0 aliphatic carbocycles. The Bertz CT molecular complexity index is 789. The number of rotatable bonds is 4. The van der Waals surface area contributed by atoms with Crippen LogP contribution in [0, 0.1) is 0 Å². The van der Waals surface area contributed by atoms with Crippen molar-refractivity contribution < 1.29 is 31.4 Å². The molecule has 0 radical (unpaired) electrons. The van der Waals surface area contributed by atoms with Gasteiger partial charge in [-0.1, -0.05) is 24.3 Å². The zero-order valence-corrected chi connectivity index (χ0v) is 14.2. The van der Waals surface area contributed by atoms with Gasteiger partial charge in [-0.15, -0.1) is 13.2 Å². The second-order valence-corrected chi connectivity index (χ2v) is 6.18. The van der Waals surface area contributed by atoms with Gasteiger partial charge in [-0.05, 0) is 49.1 Å². The molecule has 1 atom stereocenters. The lowest BCUT2D eigenvalue weighted by Crippen LogP contribution is -2.16. The van der Waals surface area contributed by atoms with E-state index in [2.05, 4.69) is 4.74 Å². The molecule has 2 aromatic rings. The molecular formula is C20H17F5O2. The third-order valence-corrected chi connectivity index (χ3v) is 4.25. The first-order valence-corrected chi connectivity index (χ1v) is 8.47. The molecule has 7 heteroatoms. The topological polar surface area (TPSA) is 18.5 Å². The van der Waals surface area contributed by atoms with E-state index in [9.17, 15) is 22.0 Å². The second kappa shape index (κ2) is 8.08. The quantitative estimate of drug-likeness (QED) is 0.437. The first-order valence-electron chi connectivity index (χ1n) is 8.47. The van der Waals surface area contributed by atoms with E-state index in [-0.39, 0.29) is 17.2 Å². The van der Waals surface area contributed by atoms with E-state index < -0.39 is 23.8 Å². The number of hydrogen-bond donors (Lipinski definition) is 0. The Kier molecular flexibility index (Phi) is 5.79. The molecule has 144 valence electrons.